The van der Waals surface area contributed by atoms with E-state index in [-0.39, 0.29) is 5.82 Å². The molecule has 2 aromatic heterocycles. The lowest BCUT2D eigenvalue weighted by Gasteiger charge is -1.99. The predicted molar refractivity (Wildman–Crippen MR) is 49.4 cm³/mol. The number of nitrogens with zero attached hydrogens (tertiary/aromatic N) is 3. The van der Waals surface area contributed by atoms with Crippen molar-refractivity contribution in [3.63, 3.8) is 0 Å². The maximum Gasteiger partial charge on any atom is 0.451 e. The van der Waals surface area contributed by atoms with Gasteiger partial charge in [0, 0.05) is 18.0 Å². The number of nitrogens with one attached hydrogen (secondary N) is 1. The third kappa shape index (κ3) is 2.02. The monoisotopic (exact) mass is 228 g/mol. The first-order chi connectivity index (χ1) is 7.47. The number of rotatable bonds is 1. The molecule has 0 unspecified atom stereocenters. The molecule has 2 rings (SSSR count). The molecule has 0 radical (unpaired) electrons. The van der Waals surface area contributed by atoms with Gasteiger partial charge < -0.3 is 4.98 Å². The lowest BCUT2D eigenvalue weighted by Crippen LogP contribution is -2.07. The summed E-state index contributed by atoms with van der Waals surface area (Å²) >= 11 is 0. The summed E-state index contributed by atoms with van der Waals surface area (Å²) in [6.45, 7) is 1.79. The second-order valence-electron chi connectivity index (χ2n) is 3.27. The van der Waals surface area contributed by atoms with Gasteiger partial charge in [0.05, 0.1) is 0 Å². The van der Waals surface area contributed by atoms with Gasteiger partial charge in [0.2, 0.25) is 5.82 Å². The zero-order valence-corrected chi connectivity index (χ0v) is 8.21. The van der Waals surface area contributed by atoms with Crippen molar-refractivity contribution in [2.24, 2.45) is 0 Å². The van der Waals surface area contributed by atoms with Crippen molar-refractivity contribution in [1.29, 1.82) is 0 Å². The van der Waals surface area contributed by atoms with Gasteiger partial charge in [-0.15, -0.1) is 10.2 Å². The summed E-state index contributed by atoms with van der Waals surface area (Å²) in [6.07, 6.45) is -1.49. The van der Waals surface area contributed by atoms with E-state index in [1.165, 1.54) is 6.20 Å². The normalized spacial score (nSPS) is 11.8. The number of H-pyrrole nitrogens is 1. The molecule has 2 heterocycles. The molecule has 0 saturated heterocycles. The van der Waals surface area contributed by atoms with E-state index in [2.05, 4.69) is 20.2 Å². The smallest absolute Gasteiger partial charge is 0.317 e. The van der Waals surface area contributed by atoms with Crippen LogP contribution in [0.2, 0.25) is 0 Å². The molecule has 7 heteroatoms. The van der Waals surface area contributed by atoms with Crippen LogP contribution < -0.4 is 0 Å². The van der Waals surface area contributed by atoms with E-state index in [4.69, 9.17) is 0 Å². The lowest BCUT2D eigenvalue weighted by atomic mass is 10.2. The third-order valence-electron chi connectivity index (χ3n) is 1.90. The minimum Gasteiger partial charge on any atom is -0.317 e. The number of aromatic amines is 1. The molecule has 84 valence electrons. The maximum atomic E-state index is 12.2. The van der Waals surface area contributed by atoms with Gasteiger partial charge in [0.1, 0.15) is 0 Å². The Hall–Kier alpha value is -1.92. The Balaban J connectivity index is 2.39. The number of aryl methyl sites for hydroxylation is 1. The molecule has 0 fully saturated rings. The van der Waals surface area contributed by atoms with Crippen LogP contribution in [0.5, 0.6) is 0 Å². The number of aromatic nitrogens is 4. The van der Waals surface area contributed by atoms with Gasteiger partial charge in [-0.2, -0.15) is 13.2 Å². The zero-order chi connectivity index (χ0) is 11.8. The summed E-state index contributed by atoms with van der Waals surface area (Å²) in [7, 11) is 0. The number of alkyl halides is 3. The van der Waals surface area contributed by atoms with Crippen molar-refractivity contribution in [2.75, 3.05) is 0 Å². The highest BCUT2D eigenvalue weighted by molar-refractivity contribution is 5.53. The van der Waals surface area contributed by atoms with Gasteiger partial charge in [-0.1, -0.05) is 0 Å². The Morgan fingerprint density at radius 2 is 1.94 bits per heavy atom. The molecule has 0 aliphatic rings. The molecule has 0 aromatic carbocycles. The molecule has 16 heavy (non-hydrogen) atoms. The molecule has 0 amide bonds. The van der Waals surface area contributed by atoms with Crippen LogP contribution in [0.3, 0.4) is 0 Å². The fourth-order valence-electron chi connectivity index (χ4n) is 1.20. The minimum absolute atomic E-state index is 0.0588. The average Bonchev–Trinajstić information content (AvgIpc) is 2.65. The summed E-state index contributed by atoms with van der Waals surface area (Å²) in [5.74, 6) is -1.05. The third-order valence-corrected chi connectivity index (χ3v) is 1.90. The molecular formula is C9H7F3N4. The largest absolute Gasteiger partial charge is 0.451 e. The second kappa shape index (κ2) is 3.58. The first-order valence-electron chi connectivity index (χ1n) is 4.39. The highest BCUT2D eigenvalue weighted by Crippen LogP contribution is 2.27. The van der Waals surface area contributed by atoms with Crippen molar-refractivity contribution in [3.8, 4) is 11.4 Å². The molecule has 0 saturated carbocycles. The van der Waals surface area contributed by atoms with E-state index < -0.39 is 12.0 Å². The Morgan fingerprint density at radius 3 is 2.50 bits per heavy atom. The quantitative estimate of drug-likeness (QED) is 0.813. The summed E-state index contributed by atoms with van der Waals surface area (Å²) in [5, 5.41) is 6.46. The van der Waals surface area contributed by atoms with Gasteiger partial charge in [0.15, 0.2) is 5.82 Å². The first-order valence-corrected chi connectivity index (χ1v) is 4.39. The van der Waals surface area contributed by atoms with Gasteiger partial charge in [-0.3, -0.25) is 4.98 Å². The van der Waals surface area contributed by atoms with Crippen LogP contribution in [-0.2, 0) is 6.18 Å². The van der Waals surface area contributed by atoms with Crippen LogP contribution in [0.25, 0.3) is 11.4 Å². The topological polar surface area (TPSA) is 54.5 Å². The number of halogens is 3. The van der Waals surface area contributed by atoms with E-state index in [0.717, 1.165) is 5.56 Å². The van der Waals surface area contributed by atoms with Crippen molar-refractivity contribution in [1.82, 2.24) is 20.2 Å². The highest BCUT2D eigenvalue weighted by Gasteiger charge is 2.35. The van der Waals surface area contributed by atoms with Crippen molar-refractivity contribution < 1.29 is 13.2 Å². The Labute approximate surface area is 88.6 Å². The second-order valence-corrected chi connectivity index (χ2v) is 3.27. The van der Waals surface area contributed by atoms with Gasteiger partial charge in [-0.25, -0.2) is 0 Å². The van der Waals surface area contributed by atoms with E-state index >= 15 is 0 Å². The van der Waals surface area contributed by atoms with Crippen molar-refractivity contribution >= 4 is 0 Å². The fourth-order valence-corrected chi connectivity index (χ4v) is 1.20. The van der Waals surface area contributed by atoms with Crippen molar-refractivity contribution in [3.05, 3.63) is 29.8 Å². The molecular weight excluding hydrogens is 221 g/mol. The Bertz CT molecular complexity index is 503. The lowest BCUT2D eigenvalue weighted by molar-refractivity contribution is -0.144. The summed E-state index contributed by atoms with van der Waals surface area (Å²) in [5.41, 5.74) is 1.31. The predicted octanol–water partition coefficient (Wildman–Crippen LogP) is 2.19. The van der Waals surface area contributed by atoms with Crippen LogP contribution in [0.15, 0.2) is 18.5 Å². The Morgan fingerprint density at radius 1 is 1.19 bits per heavy atom. The van der Waals surface area contributed by atoms with Crippen LogP contribution in [0, 0.1) is 6.92 Å². The standard InChI is InChI=1S/C9H7F3N4/c1-5-2-6(4-13-3-5)7-14-8(16-15-7)9(10,11)12/h2-4H,1H3,(H,14,15,16). The van der Waals surface area contributed by atoms with Gasteiger partial charge in [-0.05, 0) is 18.6 Å². The average molecular weight is 228 g/mol. The number of hydrogen-bond acceptors (Lipinski definition) is 3. The molecule has 0 bridgehead atoms. The molecule has 0 spiro atoms. The number of pyridine rings is 1. The van der Waals surface area contributed by atoms with E-state index in [9.17, 15) is 13.2 Å². The van der Waals surface area contributed by atoms with E-state index in [0.29, 0.717) is 5.56 Å². The van der Waals surface area contributed by atoms with Crippen LogP contribution in [0.4, 0.5) is 13.2 Å². The molecule has 0 aliphatic carbocycles. The molecule has 4 nitrogen and oxygen atoms in total. The van der Waals surface area contributed by atoms with E-state index in [1.807, 2.05) is 0 Å². The number of hydrogen-bond donors (Lipinski definition) is 1. The van der Waals surface area contributed by atoms with E-state index in [1.54, 1.807) is 19.2 Å². The van der Waals surface area contributed by atoms with Crippen molar-refractivity contribution in [2.45, 2.75) is 13.1 Å². The fraction of sp³-hybridized carbons (Fsp3) is 0.222. The summed E-state index contributed by atoms with van der Waals surface area (Å²) in [4.78, 5) is 5.97. The van der Waals surface area contributed by atoms with Crippen LogP contribution >= 0.6 is 0 Å². The highest BCUT2D eigenvalue weighted by atomic mass is 19.4. The maximum absolute atomic E-state index is 12.2. The molecule has 0 aliphatic heterocycles. The summed E-state index contributed by atoms with van der Waals surface area (Å²) in [6, 6.07) is 1.67. The molecule has 0 atom stereocenters. The van der Waals surface area contributed by atoms with Gasteiger partial charge in [0.25, 0.3) is 0 Å². The molecule has 1 N–H and O–H groups in total. The SMILES string of the molecule is Cc1cncc(-c2nnc(C(F)(F)F)[nH]2)c1. The Kier molecular flexibility index (Phi) is 2.37. The van der Waals surface area contributed by atoms with Crippen LogP contribution in [-0.4, -0.2) is 20.2 Å². The zero-order valence-electron chi connectivity index (χ0n) is 8.21. The minimum atomic E-state index is -4.51. The van der Waals surface area contributed by atoms with Gasteiger partial charge >= 0.3 is 6.18 Å². The molecule has 2 aromatic rings. The first kappa shape index (κ1) is 10.6. The summed E-state index contributed by atoms with van der Waals surface area (Å²) < 4.78 is 36.7. The van der Waals surface area contributed by atoms with Crippen LogP contribution in [0.1, 0.15) is 11.4 Å².